The van der Waals surface area contributed by atoms with E-state index in [0.717, 1.165) is 40.8 Å². The van der Waals surface area contributed by atoms with Gasteiger partial charge in [0.1, 0.15) is 12.4 Å². The Morgan fingerprint density at radius 2 is 1.78 bits per heavy atom. The van der Waals surface area contributed by atoms with Gasteiger partial charge in [-0.1, -0.05) is 67.0 Å². The third kappa shape index (κ3) is 5.94. The van der Waals surface area contributed by atoms with Gasteiger partial charge in [-0.3, -0.25) is 23.7 Å². The summed E-state index contributed by atoms with van der Waals surface area (Å²) < 4.78 is 11.1. The van der Waals surface area contributed by atoms with E-state index >= 15 is 0 Å². The van der Waals surface area contributed by atoms with Crippen molar-refractivity contribution in [2.75, 3.05) is 6.61 Å². The summed E-state index contributed by atoms with van der Waals surface area (Å²) in [5.41, 5.74) is 4.65. The van der Waals surface area contributed by atoms with Crippen molar-refractivity contribution in [2.45, 2.75) is 53.0 Å². The van der Waals surface area contributed by atoms with Gasteiger partial charge in [0, 0.05) is 17.5 Å². The van der Waals surface area contributed by atoms with Gasteiger partial charge in [-0.2, -0.15) is 0 Å². The molecule has 0 unspecified atom stereocenters. The fourth-order valence-corrected chi connectivity index (χ4v) is 4.30. The van der Waals surface area contributed by atoms with Crippen LogP contribution in [0, 0.1) is 6.92 Å². The number of carbonyl (C=O) groups excluding carboxylic acids is 1. The van der Waals surface area contributed by atoms with Crippen LogP contribution >= 0.6 is 0 Å². The Kier molecular flexibility index (Phi) is 8.12. The highest BCUT2D eigenvalue weighted by Crippen LogP contribution is 2.30. The van der Waals surface area contributed by atoms with Gasteiger partial charge in [0.05, 0.1) is 12.3 Å². The summed E-state index contributed by atoms with van der Waals surface area (Å²) in [6, 6.07) is 15.5. The molecule has 0 radical (unpaired) electrons. The summed E-state index contributed by atoms with van der Waals surface area (Å²) >= 11 is 0. The molecular formula is C28H30N4O5. The van der Waals surface area contributed by atoms with Crippen LogP contribution in [0.4, 0.5) is 0 Å². The van der Waals surface area contributed by atoms with E-state index in [1.54, 1.807) is 13.8 Å². The van der Waals surface area contributed by atoms with Crippen LogP contribution in [0.5, 0.6) is 0 Å². The lowest BCUT2D eigenvalue weighted by molar-refractivity contribution is -0.143. The molecule has 0 saturated heterocycles. The first-order valence-electron chi connectivity index (χ1n) is 12.4. The molecular weight excluding hydrogens is 472 g/mol. The first kappa shape index (κ1) is 25.8. The third-order valence-corrected chi connectivity index (χ3v) is 6.17. The van der Waals surface area contributed by atoms with E-state index < -0.39 is 11.7 Å². The van der Waals surface area contributed by atoms with E-state index in [-0.39, 0.29) is 18.7 Å². The van der Waals surface area contributed by atoms with Gasteiger partial charge in [0.15, 0.2) is 5.82 Å². The minimum Gasteiger partial charge on any atom is -0.465 e. The summed E-state index contributed by atoms with van der Waals surface area (Å²) in [7, 11) is 0. The molecule has 1 N–H and O–H groups in total. The summed E-state index contributed by atoms with van der Waals surface area (Å²) in [4.78, 5) is 44.3. The van der Waals surface area contributed by atoms with Crippen molar-refractivity contribution in [2.24, 2.45) is 0 Å². The van der Waals surface area contributed by atoms with Crippen LogP contribution in [0.3, 0.4) is 0 Å². The molecule has 0 aliphatic heterocycles. The topological polar surface area (TPSA) is 120 Å². The van der Waals surface area contributed by atoms with E-state index in [4.69, 9.17) is 9.72 Å². The summed E-state index contributed by atoms with van der Waals surface area (Å²) in [6.07, 6.45) is 2.99. The van der Waals surface area contributed by atoms with E-state index in [9.17, 15) is 14.4 Å². The number of aromatic amines is 1. The molecule has 2 aromatic heterocycles. The molecule has 0 bridgehead atoms. The Bertz CT molecular complexity index is 1500. The lowest BCUT2D eigenvalue weighted by atomic mass is 9.96. The highest BCUT2D eigenvalue weighted by molar-refractivity contribution is 5.80. The van der Waals surface area contributed by atoms with Crippen molar-refractivity contribution in [3.05, 3.63) is 92.1 Å². The van der Waals surface area contributed by atoms with Crippen LogP contribution in [0.25, 0.3) is 22.5 Å². The number of nitrogens with zero attached hydrogens (tertiary/aromatic N) is 3. The maximum atomic E-state index is 13.5. The molecule has 2 heterocycles. The largest absolute Gasteiger partial charge is 0.465 e. The molecule has 192 valence electrons. The third-order valence-electron chi connectivity index (χ3n) is 6.17. The van der Waals surface area contributed by atoms with E-state index in [1.807, 2.05) is 48.5 Å². The zero-order chi connectivity index (χ0) is 26.4. The molecule has 0 aliphatic rings. The number of benzene rings is 2. The lowest BCUT2D eigenvalue weighted by Gasteiger charge is -2.15. The average molecular weight is 503 g/mol. The van der Waals surface area contributed by atoms with E-state index in [0.29, 0.717) is 30.1 Å². The Morgan fingerprint density at radius 3 is 2.43 bits per heavy atom. The van der Waals surface area contributed by atoms with Crippen LogP contribution in [0.1, 0.15) is 49.3 Å². The molecule has 4 rings (SSSR count). The number of esters is 1. The van der Waals surface area contributed by atoms with Crippen molar-refractivity contribution in [1.82, 2.24) is 19.7 Å². The maximum Gasteiger partial charge on any atom is 0.439 e. The van der Waals surface area contributed by atoms with Gasteiger partial charge in [0.2, 0.25) is 0 Å². The second kappa shape index (κ2) is 11.6. The van der Waals surface area contributed by atoms with Gasteiger partial charge in [-0.05, 0) is 43.4 Å². The number of H-pyrrole nitrogens is 1. The van der Waals surface area contributed by atoms with Gasteiger partial charge in [0.25, 0.3) is 5.56 Å². The predicted octanol–water partition coefficient (Wildman–Crippen LogP) is 4.06. The Morgan fingerprint density at radius 1 is 1.05 bits per heavy atom. The smallest absolute Gasteiger partial charge is 0.439 e. The summed E-state index contributed by atoms with van der Waals surface area (Å²) in [5.74, 6) is -0.207. The van der Waals surface area contributed by atoms with Crippen molar-refractivity contribution in [3.63, 3.8) is 0 Å². The minimum absolute atomic E-state index is 0.160. The molecule has 9 heteroatoms. The number of hydrogen-bond donors (Lipinski definition) is 1. The fraction of sp³-hybridized carbons (Fsp3) is 0.321. The Balaban J connectivity index is 1.67. The van der Waals surface area contributed by atoms with Gasteiger partial charge in [-0.25, -0.2) is 9.78 Å². The van der Waals surface area contributed by atoms with Crippen LogP contribution in [-0.4, -0.2) is 32.3 Å². The van der Waals surface area contributed by atoms with E-state index in [2.05, 4.69) is 21.6 Å². The number of carbonyl (C=O) groups is 1. The van der Waals surface area contributed by atoms with Crippen molar-refractivity contribution in [3.8, 4) is 22.5 Å². The quantitative estimate of drug-likeness (QED) is 0.325. The first-order valence-corrected chi connectivity index (χ1v) is 12.4. The van der Waals surface area contributed by atoms with Crippen LogP contribution in [0.15, 0.2) is 62.6 Å². The first-order chi connectivity index (χ1) is 17.9. The van der Waals surface area contributed by atoms with Gasteiger partial charge in [-0.15, -0.1) is 0 Å². The number of ether oxygens (including phenoxy) is 1. The molecule has 9 nitrogen and oxygen atoms in total. The van der Waals surface area contributed by atoms with Crippen LogP contribution in [0.2, 0.25) is 0 Å². The fourth-order valence-electron chi connectivity index (χ4n) is 4.30. The molecule has 0 fully saturated rings. The van der Waals surface area contributed by atoms with E-state index in [1.165, 1.54) is 4.57 Å². The second-order valence-electron chi connectivity index (χ2n) is 8.75. The van der Waals surface area contributed by atoms with Crippen molar-refractivity contribution < 1.29 is 14.1 Å². The van der Waals surface area contributed by atoms with Crippen LogP contribution < -0.4 is 11.3 Å². The molecule has 0 aliphatic carbocycles. The minimum atomic E-state index is -0.612. The van der Waals surface area contributed by atoms with Gasteiger partial charge < -0.3 is 4.74 Å². The zero-order valence-electron chi connectivity index (χ0n) is 21.2. The number of unbranched alkanes of at least 4 members (excludes halogenated alkanes) is 1. The standard InChI is InChI=1S/C28H30N4O5/c1-4-6-11-24-23(27(34)32(18(3)29-24)17-25(33)36-5-2)16-19-12-14-20(15-13-19)21-9-7-8-10-22(21)26-30-28(35)37-31-26/h7-10,12-15H,4-6,11,16-17H2,1-3H3,(H,30,31,35). The van der Waals surface area contributed by atoms with Crippen LogP contribution in [-0.2, 0) is 28.9 Å². The highest BCUT2D eigenvalue weighted by Gasteiger charge is 2.18. The maximum absolute atomic E-state index is 13.5. The number of hydrogen-bond acceptors (Lipinski definition) is 7. The molecule has 0 amide bonds. The second-order valence-corrected chi connectivity index (χ2v) is 8.75. The number of aromatic nitrogens is 4. The lowest BCUT2D eigenvalue weighted by Crippen LogP contribution is -2.32. The highest BCUT2D eigenvalue weighted by atomic mass is 16.5. The Labute approximate surface area is 214 Å². The van der Waals surface area contributed by atoms with Crippen molar-refractivity contribution >= 4 is 5.97 Å². The Hall–Kier alpha value is -4.27. The SMILES string of the molecule is CCCCc1nc(C)n(CC(=O)OCC)c(=O)c1Cc1ccc(-c2ccccc2-c2noc(=O)[nH]2)cc1. The normalized spacial score (nSPS) is 11.0. The summed E-state index contributed by atoms with van der Waals surface area (Å²) in [5, 5.41) is 3.82. The number of rotatable bonds is 10. The molecule has 4 aromatic rings. The molecule has 37 heavy (non-hydrogen) atoms. The zero-order valence-corrected chi connectivity index (χ0v) is 21.2. The van der Waals surface area contributed by atoms with Crippen molar-refractivity contribution in [1.29, 1.82) is 0 Å². The van der Waals surface area contributed by atoms with Gasteiger partial charge >= 0.3 is 11.7 Å². The molecule has 0 atom stereocenters. The molecule has 2 aromatic carbocycles. The summed E-state index contributed by atoms with van der Waals surface area (Å²) in [6.45, 7) is 5.67. The number of nitrogens with one attached hydrogen (secondary N) is 1. The predicted molar refractivity (Wildman–Crippen MR) is 139 cm³/mol. The number of aryl methyl sites for hydroxylation is 2. The molecule has 0 saturated carbocycles. The monoisotopic (exact) mass is 502 g/mol. The average Bonchev–Trinajstić information content (AvgIpc) is 3.34. The molecule has 0 spiro atoms.